The van der Waals surface area contributed by atoms with Gasteiger partial charge in [0.2, 0.25) is 0 Å². The Kier molecular flexibility index (Phi) is 4.51. The van der Waals surface area contributed by atoms with Crippen LogP contribution in [0.3, 0.4) is 0 Å². The van der Waals surface area contributed by atoms with E-state index in [0.717, 1.165) is 33.9 Å². The Labute approximate surface area is 120 Å². The number of benzene rings is 2. The first-order valence-corrected chi connectivity index (χ1v) is 6.91. The molecular weight excluding hydrogens is 250 g/mol. The molecule has 2 aromatic carbocycles. The summed E-state index contributed by atoms with van der Waals surface area (Å²) in [5, 5.41) is 0. The molecule has 0 radical (unpaired) electrons. The Morgan fingerprint density at radius 3 is 2.10 bits per heavy atom. The van der Waals surface area contributed by atoms with Crippen molar-refractivity contribution >= 4 is 5.69 Å². The summed E-state index contributed by atoms with van der Waals surface area (Å²) in [6, 6.07) is 12.0. The van der Waals surface area contributed by atoms with Crippen molar-refractivity contribution in [2.45, 2.75) is 20.8 Å². The van der Waals surface area contributed by atoms with Crippen molar-refractivity contribution in [3.8, 4) is 22.6 Å². The lowest BCUT2D eigenvalue weighted by Crippen LogP contribution is -1.98. The Bertz CT molecular complexity index is 594. The number of hydrogen-bond acceptors (Lipinski definition) is 3. The quantitative estimate of drug-likeness (QED) is 0.835. The van der Waals surface area contributed by atoms with E-state index in [4.69, 9.17) is 15.2 Å². The van der Waals surface area contributed by atoms with E-state index in [0.29, 0.717) is 13.2 Å². The fourth-order valence-electron chi connectivity index (χ4n) is 2.09. The SMILES string of the molecule is CCOc1ccc(-c2ccc(N)c(C)c2)cc1OCC. The number of aryl methyl sites for hydroxylation is 1. The molecule has 0 amide bonds. The third-order valence-corrected chi connectivity index (χ3v) is 3.15. The maximum absolute atomic E-state index is 5.86. The molecule has 0 atom stereocenters. The molecule has 0 aliphatic rings. The second kappa shape index (κ2) is 6.33. The zero-order chi connectivity index (χ0) is 14.5. The normalized spacial score (nSPS) is 10.3. The van der Waals surface area contributed by atoms with Gasteiger partial charge in [-0.1, -0.05) is 12.1 Å². The molecule has 3 heteroatoms. The van der Waals surface area contributed by atoms with Crippen LogP contribution in [0.4, 0.5) is 5.69 Å². The summed E-state index contributed by atoms with van der Waals surface area (Å²) in [6.45, 7) is 7.18. The monoisotopic (exact) mass is 271 g/mol. The lowest BCUT2D eigenvalue weighted by Gasteiger charge is -2.13. The summed E-state index contributed by atoms with van der Waals surface area (Å²) in [4.78, 5) is 0. The van der Waals surface area contributed by atoms with E-state index in [1.807, 2.05) is 51.1 Å². The van der Waals surface area contributed by atoms with Gasteiger partial charge in [0.15, 0.2) is 11.5 Å². The highest BCUT2D eigenvalue weighted by Gasteiger charge is 2.08. The largest absolute Gasteiger partial charge is 0.490 e. The summed E-state index contributed by atoms with van der Waals surface area (Å²) in [5.41, 5.74) is 9.97. The Morgan fingerprint density at radius 2 is 1.45 bits per heavy atom. The second-order valence-electron chi connectivity index (χ2n) is 4.60. The van der Waals surface area contributed by atoms with Gasteiger partial charge in [0.25, 0.3) is 0 Å². The van der Waals surface area contributed by atoms with Gasteiger partial charge in [-0.25, -0.2) is 0 Å². The van der Waals surface area contributed by atoms with Crippen molar-refractivity contribution < 1.29 is 9.47 Å². The maximum atomic E-state index is 5.86. The number of ether oxygens (including phenoxy) is 2. The molecule has 0 unspecified atom stereocenters. The molecule has 0 aromatic heterocycles. The van der Waals surface area contributed by atoms with Crippen LogP contribution in [-0.4, -0.2) is 13.2 Å². The van der Waals surface area contributed by atoms with Crippen LogP contribution in [0, 0.1) is 6.92 Å². The number of rotatable bonds is 5. The van der Waals surface area contributed by atoms with E-state index in [-0.39, 0.29) is 0 Å². The molecule has 2 aromatic rings. The summed E-state index contributed by atoms with van der Waals surface area (Å²) in [5.74, 6) is 1.56. The highest BCUT2D eigenvalue weighted by atomic mass is 16.5. The van der Waals surface area contributed by atoms with E-state index in [1.165, 1.54) is 0 Å². The first-order chi connectivity index (χ1) is 9.65. The van der Waals surface area contributed by atoms with E-state index in [1.54, 1.807) is 0 Å². The minimum Gasteiger partial charge on any atom is -0.490 e. The van der Waals surface area contributed by atoms with Gasteiger partial charge in [-0.15, -0.1) is 0 Å². The number of nitrogens with two attached hydrogens (primary N) is 1. The van der Waals surface area contributed by atoms with Crippen molar-refractivity contribution in [3.63, 3.8) is 0 Å². The number of hydrogen-bond donors (Lipinski definition) is 1. The van der Waals surface area contributed by atoms with Crippen LogP contribution in [-0.2, 0) is 0 Å². The molecule has 0 fully saturated rings. The van der Waals surface area contributed by atoms with E-state index in [9.17, 15) is 0 Å². The van der Waals surface area contributed by atoms with Gasteiger partial charge in [-0.05, 0) is 61.7 Å². The molecule has 0 aliphatic heterocycles. The maximum Gasteiger partial charge on any atom is 0.161 e. The van der Waals surface area contributed by atoms with E-state index in [2.05, 4.69) is 6.07 Å². The highest BCUT2D eigenvalue weighted by Crippen LogP contribution is 2.33. The molecule has 0 bridgehead atoms. The van der Waals surface area contributed by atoms with Gasteiger partial charge in [-0.3, -0.25) is 0 Å². The van der Waals surface area contributed by atoms with Crippen molar-refractivity contribution in [1.29, 1.82) is 0 Å². The molecule has 0 saturated carbocycles. The Hall–Kier alpha value is -2.16. The van der Waals surface area contributed by atoms with Crippen LogP contribution in [0.15, 0.2) is 36.4 Å². The van der Waals surface area contributed by atoms with Gasteiger partial charge >= 0.3 is 0 Å². The Morgan fingerprint density at radius 1 is 0.850 bits per heavy atom. The van der Waals surface area contributed by atoms with Crippen molar-refractivity contribution in [3.05, 3.63) is 42.0 Å². The predicted octanol–water partition coefficient (Wildman–Crippen LogP) is 4.04. The van der Waals surface area contributed by atoms with Gasteiger partial charge in [0, 0.05) is 5.69 Å². The predicted molar refractivity (Wildman–Crippen MR) is 83.4 cm³/mol. The first kappa shape index (κ1) is 14.3. The van der Waals surface area contributed by atoms with Gasteiger partial charge in [0.05, 0.1) is 13.2 Å². The molecule has 20 heavy (non-hydrogen) atoms. The lowest BCUT2D eigenvalue weighted by atomic mass is 10.0. The molecule has 0 saturated heterocycles. The van der Waals surface area contributed by atoms with Gasteiger partial charge in [0.1, 0.15) is 0 Å². The molecule has 3 nitrogen and oxygen atoms in total. The molecular formula is C17H21NO2. The number of nitrogen functional groups attached to an aromatic ring is 1. The molecule has 106 valence electrons. The minimum absolute atomic E-state index is 0.615. The minimum atomic E-state index is 0.615. The fourth-order valence-corrected chi connectivity index (χ4v) is 2.09. The molecule has 2 N–H and O–H groups in total. The van der Waals surface area contributed by atoms with Crippen molar-refractivity contribution in [2.24, 2.45) is 0 Å². The summed E-state index contributed by atoms with van der Waals surface area (Å²) in [6.07, 6.45) is 0. The van der Waals surface area contributed by atoms with Crippen LogP contribution in [0.5, 0.6) is 11.5 Å². The van der Waals surface area contributed by atoms with Gasteiger partial charge in [-0.2, -0.15) is 0 Å². The number of anilines is 1. The topological polar surface area (TPSA) is 44.5 Å². The smallest absolute Gasteiger partial charge is 0.161 e. The van der Waals surface area contributed by atoms with E-state index >= 15 is 0 Å². The zero-order valence-electron chi connectivity index (χ0n) is 12.3. The van der Waals surface area contributed by atoms with Crippen molar-refractivity contribution in [2.75, 3.05) is 18.9 Å². The van der Waals surface area contributed by atoms with Crippen LogP contribution in [0.1, 0.15) is 19.4 Å². The highest BCUT2D eigenvalue weighted by molar-refractivity contribution is 5.70. The standard InChI is InChI=1S/C17H21NO2/c1-4-19-16-9-7-14(11-17(16)20-5-2)13-6-8-15(18)12(3)10-13/h6-11H,4-5,18H2,1-3H3. The van der Waals surface area contributed by atoms with Crippen LogP contribution in [0.2, 0.25) is 0 Å². The first-order valence-electron chi connectivity index (χ1n) is 6.91. The average Bonchev–Trinajstić information content (AvgIpc) is 2.44. The fraction of sp³-hybridized carbons (Fsp3) is 0.294. The summed E-state index contributed by atoms with van der Waals surface area (Å²) in [7, 11) is 0. The third-order valence-electron chi connectivity index (χ3n) is 3.15. The Balaban J connectivity index is 2.41. The summed E-state index contributed by atoms with van der Waals surface area (Å²) >= 11 is 0. The zero-order valence-corrected chi connectivity index (χ0v) is 12.3. The molecule has 2 rings (SSSR count). The lowest BCUT2D eigenvalue weighted by molar-refractivity contribution is 0.288. The van der Waals surface area contributed by atoms with E-state index < -0.39 is 0 Å². The van der Waals surface area contributed by atoms with Crippen LogP contribution < -0.4 is 15.2 Å². The molecule has 0 spiro atoms. The third kappa shape index (κ3) is 3.05. The van der Waals surface area contributed by atoms with Crippen molar-refractivity contribution in [1.82, 2.24) is 0 Å². The summed E-state index contributed by atoms with van der Waals surface area (Å²) < 4.78 is 11.2. The average molecular weight is 271 g/mol. The molecule has 0 heterocycles. The van der Waals surface area contributed by atoms with Crippen LogP contribution >= 0.6 is 0 Å². The second-order valence-corrected chi connectivity index (χ2v) is 4.60. The molecule has 0 aliphatic carbocycles. The van der Waals surface area contributed by atoms with Crippen LogP contribution in [0.25, 0.3) is 11.1 Å². The van der Waals surface area contributed by atoms with Gasteiger partial charge < -0.3 is 15.2 Å².